The van der Waals surface area contributed by atoms with Gasteiger partial charge in [0.1, 0.15) is 0 Å². The van der Waals surface area contributed by atoms with E-state index in [2.05, 4.69) is 26.1 Å². The topological polar surface area (TPSA) is 64.6 Å². The molecule has 2 unspecified atom stereocenters. The second-order valence-corrected chi connectivity index (χ2v) is 11.9. The van der Waals surface area contributed by atoms with Gasteiger partial charge >= 0.3 is 7.12 Å². The van der Waals surface area contributed by atoms with E-state index < -0.39 is 6.04 Å². The van der Waals surface area contributed by atoms with Gasteiger partial charge in [0.2, 0.25) is 5.91 Å². The van der Waals surface area contributed by atoms with Crippen LogP contribution < -0.4 is 5.32 Å². The Morgan fingerprint density at radius 3 is 2.52 bits per heavy atom. The summed E-state index contributed by atoms with van der Waals surface area (Å²) in [7, 11) is -0.325. The fourth-order valence-corrected chi connectivity index (χ4v) is 6.92. The molecule has 5 nitrogen and oxygen atoms in total. The maximum absolute atomic E-state index is 13.5. The van der Waals surface area contributed by atoms with E-state index in [4.69, 9.17) is 9.31 Å². The minimum atomic E-state index is -0.516. The molecule has 0 radical (unpaired) electrons. The lowest BCUT2D eigenvalue weighted by Gasteiger charge is -2.64. The molecule has 5 fully saturated rings. The van der Waals surface area contributed by atoms with E-state index in [9.17, 15) is 9.59 Å². The third-order valence-electron chi connectivity index (χ3n) is 9.20. The minimum Gasteiger partial charge on any atom is -0.405 e. The lowest BCUT2D eigenvalue weighted by Crippen LogP contribution is -2.65. The molecule has 5 aliphatic rings. The number of hydrogen-bond acceptors (Lipinski definition) is 4. The summed E-state index contributed by atoms with van der Waals surface area (Å²) in [5.41, 5.74) is 1.10. The molecule has 1 aromatic carbocycles. The van der Waals surface area contributed by atoms with Gasteiger partial charge in [-0.1, -0.05) is 57.0 Å². The van der Waals surface area contributed by atoms with Gasteiger partial charge in [-0.25, -0.2) is 0 Å². The summed E-state index contributed by atoms with van der Waals surface area (Å²) < 4.78 is 13.3. The van der Waals surface area contributed by atoms with Gasteiger partial charge < -0.3 is 14.6 Å². The largest absolute Gasteiger partial charge is 0.461 e. The first-order valence-electron chi connectivity index (χ1n) is 12.8. The van der Waals surface area contributed by atoms with E-state index in [1.807, 2.05) is 30.3 Å². The molecule has 1 saturated heterocycles. The highest BCUT2D eigenvalue weighted by Gasteiger charge is 2.68. The number of amides is 1. The van der Waals surface area contributed by atoms with Crippen LogP contribution in [0.25, 0.3) is 0 Å². The summed E-state index contributed by atoms with van der Waals surface area (Å²) in [6, 6.07) is 9.40. The van der Waals surface area contributed by atoms with Crippen molar-refractivity contribution < 1.29 is 18.9 Å². The van der Waals surface area contributed by atoms with E-state index in [0.717, 1.165) is 18.4 Å². The van der Waals surface area contributed by atoms with Crippen molar-refractivity contribution in [2.24, 2.45) is 23.2 Å². The van der Waals surface area contributed by atoms with Crippen LogP contribution in [0.4, 0.5) is 0 Å². The van der Waals surface area contributed by atoms with Crippen LogP contribution in [0, 0.1) is 23.2 Å². The molecule has 0 aromatic heterocycles. The Hall–Kier alpha value is -1.66. The van der Waals surface area contributed by atoms with Crippen molar-refractivity contribution in [2.45, 2.75) is 96.2 Å². The zero-order valence-corrected chi connectivity index (χ0v) is 20.5. The molecule has 1 aliphatic heterocycles. The molecule has 6 heteroatoms. The average molecular weight is 451 g/mol. The van der Waals surface area contributed by atoms with Crippen LogP contribution in [0.1, 0.15) is 71.8 Å². The Labute approximate surface area is 198 Å². The van der Waals surface area contributed by atoms with Gasteiger partial charge in [0.05, 0.1) is 17.7 Å². The lowest BCUT2D eigenvalue weighted by molar-refractivity contribution is -0.199. The van der Waals surface area contributed by atoms with Crippen molar-refractivity contribution in [3.8, 4) is 0 Å². The normalized spacial score (nSPS) is 33.6. The van der Waals surface area contributed by atoms with Crippen molar-refractivity contribution in [1.82, 2.24) is 5.32 Å². The van der Waals surface area contributed by atoms with Gasteiger partial charge in [-0.05, 0) is 61.3 Å². The molecule has 1 heterocycles. The summed E-state index contributed by atoms with van der Waals surface area (Å²) in [5.74, 6) is 1.85. The summed E-state index contributed by atoms with van der Waals surface area (Å²) >= 11 is 0. The molecule has 1 N–H and O–H groups in total. The maximum atomic E-state index is 13.5. The molecule has 4 aliphatic carbocycles. The highest BCUT2D eigenvalue weighted by Crippen LogP contribution is 2.66. The summed E-state index contributed by atoms with van der Waals surface area (Å²) in [4.78, 5) is 25.4. The van der Waals surface area contributed by atoms with Crippen molar-refractivity contribution in [3.63, 3.8) is 0 Å². The zero-order chi connectivity index (χ0) is 23.4. The molecule has 4 saturated carbocycles. The third-order valence-corrected chi connectivity index (χ3v) is 9.20. The predicted molar refractivity (Wildman–Crippen MR) is 129 cm³/mol. The van der Waals surface area contributed by atoms with E-state index in [-0.39, 0.29) is 36.3 Å². The number of Topliss-reactive ketones (excluding diaryl/α,β-unsaturated/α-hetero) is 1. The lowest BCUT2D eigenvalue weighted by atomic mass is 9.43. The Bertz CT molecular complexity index is 901. The molecule has 33 heavy (non-hydrogen) atoms. The van der Waals surface area contributed by atoms with Gasteiger partial charge in [-0.15, -0.1) is 0 Å². The Morgan fingerprint density at radius 1 is 1.15 bits per heavy atom. The van der Waals surface area contributed by atoms with Crippen LogP contribution in [0.2, 0.25) is 5.82 Å². The Kier molecular flexibility index (Phi) is 5.97. The first kappa shape index (κ1) is 23.1. The number of nitrogens with one attached hydrogen (secondary N) is 1. The fraction of sp³-hybridized carbons (Fsp3) is 0.704. The number of rotatable bonds is 9. The number of ketones is 1. The summed E-state index contributed by atoms with van der Waals surface area (Å²) in [5, 5.41) is 2.90. The summed E-state index contributed by atoms with van der Waals surface area (Å²) in [6.07, 6.45) is 6.75. The van der Waals surface area contributed by atoms with E-state index in [0.29, 0.717) is 36.0 Å². The van der Waals surface area contributed by atoms with E-state index >= 15 is 0 Å². The predicted octanol–water partition coefficient (Wildman–Crippen LogP) is 4.59. The highest BCUT2D eigenvalue weighted by atomic mass is 16.7. The van der Waals surface area contributed by atoms with Crippen molar-refractivity contribution in [1.29, 1.82) is 0 Å². The number of benzene rings is 1. The van der Waals surface area contributed by atoms with Crippen LogP contribution in [-0.4, -0.2) is 36.6 Å². The van der Waals surface area contributed by atoms with E-state index in [1.54, 1.807) is 0 Å². The molecule has 6 atom stereocenters. The standard InChI is InChI=1S/C27H38BNO4/c1-17(30)29-22(13-18-8-6-5-7-9-18)23(31)16-21(12-19-10-11-19)28-32-25-15-20-14-24(26(20,2)3)27(25,4)33-28/h5-9,19-22,24-25H,10-16H2,1-4H3,(H,29,30)/t20?,21-,22?,24-,25-,27+/m1/s1. The molecule has 178 valence electrons. The van der Waals surface area contributed by atoms with Gasteiger partial charge in [0.15, 0.2) is 5.78 Å². The van der Waals surface area contributed by atoms with Gasteiger partial charge in [0.25, 0.3) is 0 Å². The Morgan fingerprint density at radius 2 is 1.88 bits per heavy atom. The van der Waals surface area contributed by atoms with Crippen molar-refractivity contribution in [2.75, 3.05) is 0 Å². The number of carbonyl (C=O) groups is 2. The summed E-state index contributed by atoms with van der Waals surface area (Å²) in [6.45, 7) is 8.47. The minimum absolute atomic E-state index is 0.0415. The molecule has 6 rings (SSSR count). The van der Waals surface area contributed by atoms with Crippen LogP contribution in [0.3, 0.4) is 0 Å². The molecular weight excluding hydrogens is 413 g/mol. The van der Waals surface area contributed by atoms with Gasteiger partial charge in [-0.2, -0.15) is 0 Å². The zero-order valence-electron chi connectivity index (χ0n) is 20.5. The van der Waals surface area contributed by atoms with Crippen LogP contribution >= 0.6 is 0 Å². The van der Waals surface area contributed by atoms with Crippen LogP contribution in [0.15, 0.2) is 30.3 Å². The molecule has 1 aromatic rings. The SMILES string of the molecule is CC(=O)NC(Cc1ccccc1)C(=O)C[C@@H](CC1CC1)B1O[C@@H]2CC3C[C@H](C3(C)C)[C@]2(C)O1. The molecule has 1 amide bonds. The molecule has 2 bridgehead atoms. The quantitative estimate of drug-likeness (QED) is 0.558. The smallest absolute Gasteiger partial charge is 0.405 e. The third kappa shape index (κ3) is 4.41. The monoisotopic (exact) mass is 451 g/mol. The second-order valence-electron chi connectivity index (χ2n) is 11.9. The van der Waals surface area contributed by atoms with Crippen molar-refractivity contribution in [3.05, 3.63) is 35.9 Å². The van der Waals surface area contributed by atoms with E-state index in [1.165, 1.54) is 26.2 Å². The van der Waals surface area contributed by atoms with Gasteiger partial charge in [-0.3, -0.25) is 9.59 Å². The molecular formula is C27H38BNO4. The molecule has 0 spiro atoms. The second kappa shape index (κ2) is 8.53. The first-order valence-corrected chi connectivity index (χ1v) is 12.8. The van der Waals surface area contributed by atoms with Crippen molar-refractivity contribution >= 4 is 18.8 Å². The van der Waals surface area contributed by atoms with Gasteiger partial charge in [0, 0.05) is 19.2 Å². The highest BCUT2D eigenvalue weighted by molar-refractivity contribution is 6.47. The number of carbonyl (C=O) groups excluding carboxylic acids is 2. The average Bonchev–Trinajstić information content (AvgIpc) is 3.50. The first-order chi connectivity index (χ1) is 15.7. The van der Waals surface area contributed by atoms with Crippen LogP contribution in [0.5, 0.6) is 0 Å². The Balaban J connectivity index is 1.30. The number of hydrogen-bond donors (Lipinski definition) is 1. The fourth-order valence-electron chi connectivity index (χ4n) is 6.92. The van der Waals surface area contributed by atoms with Crippen LogP contribution in [-0.2, 0) is 25.3 Å². The maximum Gasteiger partial charge on any atom is 0.461 e.